The molecule has 0 radical (unpaired) electrons. The van der Waals surface area contributed by atoms with Crippen molar-refractivity contribution in [2.24, 2.45) is 0 Å². The van der Waals surface area contributed by atoms with Crippen LogP contribution in [0.2, 0.25) is 0 Å². The van der Waals surface area contributed by atoms with Crippen molar-refractivity contribution < 1.29 is 13.7 Å². The lowest BCUT2D eigenvalue weighted by Gasteiger charge is -2.23. The molecular weight excluding hydrogens is 336 g/mol. The van der Waals surface area contributed by atoms with Crippen LogP contribution < -0.4 is 10.1 Å². The van der Waals surface area contributed by atoms with E-state index in [0.717, 1.165) is 34.6 Å². The third kappa shape index (κ3) is 5.54. The van der Waals surface area contributed by atoms with E-state index < -0.39 is 11.0 Å². The van der Waals surface area contributed by atoms with Crippen molar-refractivity contribution in [3.8, 4) is 5.75 Å². The Kier molecular flexibility index (Phi) is 7.44. The number of carbonyl (C=O) groups excluding carboxylic acids is 1. The number of amides is 1. The van der Waals surface area contributed by atoms with Crippen molar-refractivity contribution in [1.82, 2.24) is 9.62 Å². The topological polar surface area (TPSA) is 58.6 Å². The summed E-state index contributed by atoms with van der Waals surface area (Å²) in [5.41, 5.74) is 1.88. The van der Waals surface area contributed by atoms with Crippen LogP contribution >= 0.6 is 0 Å². The van der Waals surface area contributed by atoms with Gasteiger partial charge in [-0.2, -0.15) is 0 Å². The third-order valence-corrected chi connectivity index (χ3v) is 6.49. The van der Waals surface area contributed by atoms with Gasteiger partial charge >= 0.3 is 0 Å². The van der Waals surface area contributed by atoms with Crippen LogP contribution in [0.4, 0.5) is 0 Å². The number of aryl methyl sites for hydroxylation is 2. The Bertz CT molecular complexity index is 604. The predicted octanol–water partition coefficient (Wildman–Crippen LogP) is 3.11. The van der Waals surface area contributed by atoms with Crippen LogP contribution in [0.5, 0.6) is 5.75 Å². The molecule has 25 heavy (non-hydrogen) atoms. The van der Waals surface area contributed by atoms with Crippen molar-refractivity contribution >= 4 is 16.9 Å². The molecule has 140 valence electrons. The smallest absolute Gasteiger partial charge is 0.221 e. The molecule has 5 nitrogen and oxygen atoms in total. The molecule has 1 saturated carbocycles. The van der Waals surface area contributed by atoms with E-state index in [1.54, 1.807) is 18.5 Å². The lowest BCUT2D eigenvalue weighted by molar-refractivity contribution is -0.122. The molecule has 1 N–H and O–H groups in total. The molecule has 1 aliphatic carbocycles. The van der Waals surface area contributed by atoms with E-state index >= 15 is 0 Å². The average molecular weight is 367 g/mol. The number of carbonyl (C=O) groups is 1. The quantitative estimate of drug-likeness (QED) is 0.807. The summed E-state index contributed by atoms with van der Waals surface area (Å²) in [6.45, 7) is 4.34. The second-order valence-electron chi connectivity index (χ2n) is 6.84. The molecule has 2 rings (SSSR count). The molecule has 1 aliphatic rings. The van der Waals surface area contributed by atoms with E-state index in [1.807, 2.05) is 26.0 Å². The monoisotopic (exact) mass is 366 g/mol. The van der Waals surface area contributed by atoms with Crippen LogP contribution in [0, 0.1) is 13.8 Å². The van der Waals surface area contributed by atoms with Crippen molar-refractivity contribution in [3.63, 3.8) is 0 Å². The van der Waals surface area contributed by atoms with Crippen LogP contribution in [-0.4, -0.2) is 41.2 Å². The van der Waals surface area contributed by atoms with Gasteiger partial charge in [-0.05, 0) is 49.9 Å². The fourth-order valence-corrected chi connectivity index (χ4v) is 4.59. The standard InChI is InChI=1S/C19H30N2O3S/c1-14-12-17(24-4)13-15(2)19(14)25(23)21(3)11-10-18(22)20-16-8-6-5-7-9-16/h12-13,16H,5-11H2,1-4H3,(H,20,22). The molecule has 0 heterocycles. The maximum atomic E-state index is 12.9. The van der Waals surface area contributed by atoms with Crippen LogP contribution in [0.3, 0.4) is 0 Å². The minimum absolute atomic E-state index is 0.0546. The molecule has 1 atom stereocenters. The Morgan fingerprint density at radius 2 is 1.84 bits per heavy atom. The lowest BCUT2D eigenvalue weighted by atomic mass is 9.95. The van der Waals surface area contributed by atoms with Gasteiger partial charge in [0.2, 0.25) is 5.91 Å². The van der Waals surface area contributed by atoms with Gasteiger partial charge in [0.05, 0.1) is 12.0 Å². The highest BCUT2D eigenvalue weighted by Gasteiger charge is 2.19. The van der Waals surface area contributed by atoms with Gasteiger partial charge in [-0.3, -0.25) is 4.79 Å². The maximum absolute atomic E-state index is 12.9. The van der Waals surface area contributed by atoms with Gasteiger partial charge in [-0.25, -0.2) is 8.51 Å². The number of benzene rings is 1. The highest BCUT2D eigenvalue weighted by molar-refractivity contribution is 7.82. The zero-order valence-corrected chi connectivity index (χ0v) is 16.6. The molecule has 0 bridgehead atoms. The maximum Gasteiger partial charge on any atom is 0.221 e. The van der Waals surface area contributed by atoms with Gasteiger partial charge < -0.3 is 10.1 Å². The summed E-state index contributed by atoms with van der Waals surface area (Å²) in [6, 6.07) is 4.11. The van der Waals surface area contributed by atoms with Gasteiger partial charge in [-0.1, -0.05) is 19.3 Å². The second-order valence-corrected chi connectivity index (χ2v) is 8.37. The molecular formula is C19H30N2O3S. The minimum Gasteiger partial charge on any atom is -0.497 e. The normalized spacial score (nSPS) is 16.7. The fraction of sp³-hybridized carbons (Fsp3) is 0.632. The molecule has 1 aromatic rings. The van der Waals surface area contributed by atoms with E-state index in [2.05, 4.69) is 5.32 Å². The number of nitrogens with zero attached hydrogens (tertiary/aromatic N) is 1. The Labute approximate surface area is 153 Å². The number of nitrogens with one attached hydrogen (secondary N) is 1. The summed E-state index contributed by atoms with van der Waals surface area (Å²) in [5, 5.41) is 3.11. The molecule has 0 aromatic heterocycles. The molecule has 0 aliphatic heterocycles. The molecule has 6 heteroatoms. The first kappa shape index (κ1) is 19.9. The average Bonchev–Trinajstić information content (AvgIpc) is 2.59. The summed E-state index contributed by atoms with van der Waals surface area (Å²) in [7, 11) is 2.14. The number of hydrogen-bond acceptors (Lipinski definition) is 3. The van der Waals surface area contributed by atoms with E-state index in [0.29, 0.717) is 19.0 Å². The summed E-state index contributed by atoms with van der Waals surface area (Å²) in [6.07, 6.45) is 6.20. The summed E-state index contributed by atoms with van der Waals surface area (Å²) in [5.74, 6) is 0.823. The lowest BCUT2D eigenvalue weighted by Crippen LogP contribution is -2.38. The summed E-state index contributed by atoms with van der Waals surface area (Å²) in [4.78, 5) is 12.9. The van der Waals surface area contributed by atoms with Crippen molar-refractivity contribution in [2.45, 2.75) is 63.3 Å². The number of hydrogen-bond donors (Lipinski definition) is 1. The zero-order chi connectivity index (χ0) is 18.4. The molecule has 0 saturated heterocycles. The summed E-state index contributed by atoms with van der Waals surface area (Å²) >= 11 is 0. The van der Waals surface area contributed by atoms with Crippen LogP contribution in [0.25, 0.3) is 0 Å². The molecule has 1 unspecified atom stereocenters. The third-order valence-electron chi connectivity index (χ3n) is 4.75. The van der Waals surface area contributed by atoms with Crippen molar-refractivity contribution in [3.05, 3.63) is 23.3 Å². The van der Waals surface area contributed by atoms with E-state index in [-0.39, 0.29) is 5.91 Å². The van der Waals surface area contributed by atoms with E-state index in [4.69, 9.17) is 4.74 Å². The number of rotatable bonds is 7. The summed E-state index contributed by atoms with van der Waals surface area (Å²) < 4.78 is 19.8. The zero-order valence-electron chi connectivity index (χ0n) is 15.8. The van der Waals surface area contributed by atoms with Gasteiger partial charge in [0.25, 0.3) is 0 Å². The minimum atomic E-state index is -1.29. The van der Waals surface area contributed by atoms with Crippen molar-refractivity contribution in [1.29, 1.82) is 0 Å². The predicted molar refractivity (Wildman–Crippen MR) is 101 cm³/mol. The van der Waals surface area contributed by atoms with Gasteiger partial charge in [0.15, 0.2) is 0 Å². The fourth-order valence-electron chi connectivity index (χ4n) is 3.35. The van der Waals surface area contributed by atoms with E-state index in [1.165, 1.54) is 19.3 Å². The molecule has 1 amide bonds. The second kappa shape index (κ2) is 9.34. The van der Waals surface area contributed by atoms with Crippen LogP contribution in [0.1, 0.15) is 49.7 Å². The Morgan fingerprint density at radius 1 is 1.24 bits per heavy atom. The Hall–Kier alpha value is -1.40. The van der Waals surface area contributed by atoms with Crippen molar-refractivity contribution in [2.75, 3.05) is 20.7 Å². The largest absolute Gasteiger partial charge is 0.497 e. The number of ether oxygens (including phenoxy) is 1. The Morgan fingerprint density at radius 3 is 2.40 bits per heavy atom. The van der Waals surface area contributed by atoms with Gasteiger partial charge in [0.1, 0.15) is 16.7 Å². The van der Waals surface area contributed by atoms with Crippen LogP contribution in [-0.2, 0) is 15.8 Å². The molecule has 1 aromatic carbocycles. The van der Waals surface area contributed by atoms with Crippen LogP contribution in [0.15, 0.2) is 17.0 Å². The SMILES string of the molecule is COc1cc(C)c(S(=O)N(C)CCC(=O)NC2CCCCC2)c(C)c1. The first-order chi connectivity index (χ1) is 11.9. The number of methoxy groups -OCH3 is 1. The van der Waals surface area contributed by atoms with Gasteiger partial charge in [-0.15, -0.1) is 0 Å². The molecule has 0 spiro atoms. The first-order valence-electron chi connectivity index (χ1n) is 9.00. The highest BCUT2D eigenvalue weighted by Crippen LogP contribution is 2.25. The highest BCUT2D eigenvalue weighted by atomic mass is 32.2. The molecule has 1 fully saturated rings. The van der Waals surface area contributed by atoms with E-state index in [9.17, 15) is 9.00 Å². The Balaban J connectivity index is 1.90. The van der Waals surface area contributed by atoms with Gasteiger partial charge in [0, 0.05) is 26.1 Å². The first-order valence-corrected chi connectivity index (χ1v) is 10.1.